The first-order chi connectivity index (χ1) is 8.66. The molecule has 2 N–H and O–H groups in total. The molecular formula is C12H16N4O2. The van der Waals surface area contributed by atoms with Gasteiger partial charge in [0, 0.05) is 30.9 Å². The lowest BCUT2D eigenvalue weighted by atomic mass is 10.1. The second kappa shape index (κ2) is 5.48. The summed E-state index contributed by atoms with van der Waals surface area (Å²) in [7, 11) is 0. The normalized spacial score (nSPS) is 10.8. The number of aromatic amines is 1. The number of carbonyl (C=O) groups excluding carboxylic acids is 1. The first-order valence-corrected chi connectivity index (χ1v) is 5.89. The maximum atomic E-state index is 11.7. The summed E-state index contributed by atoms with van der Waals surface area (Å²) in [6.07, 6.45) is 4.05. The smallest absolute Gasteiger partial charge is 0.289 e. The molecule has 0 unspecified atom stereocenters. The van der Waals surface area contributed by atoms with Gasteiger partial charge in [0.1, 0.15) is 0 Å². The summed E-state index contributed by atoms with van der Waals surface area (Å²) in [6.45, 7) is 4.52. The maximum Gasteiger partial charge on any atom is 0.289 e. The fraction of sp³-hybridized carbons (Fsp3) is 0.417. The molecule has 0 aliphatic rings. The number of amides is 1. The van der Waals surface area contributed by atoms with Gasteiger partial charge in [-0.2, -0.15) is 0 Å². The van der Waals surface area contributed by atoms with Crippen molar-refractivity contribution < 1.29 is 9.32 Å². The predicted molar refractivity (Wildman–Crippen MR) is 65.2 cm³/mol. The molecule has 0 spiro atoms. The third kappa shape index (κ3) is 2.97. The Bertz CT molecular complexity index is 502. The Morgan fingerprint density at radius 3 is 3.00 bits per heavy atom. The van der Waals surface area contributed by atoms with E-state index < -0.39 is 0 Å². The van der Waals surface area contributed by atoms with Gasteiger partial charge >= 0.3 is 0 Å². The Morgan fingerprint density at radius 1 is 1.56 bits per heavy atom. The highest BCUT2D eigenvalue weighted by Gasteiger charge is 2.14. The monoisotopic (exact) mass is 248 g/mol. The van der Waals surface area contributed by atoms with Crippen molar-refractivity contribution in [1.82, 2.24) is 20.4 Å². The summed E-state index contributed by atoms with van der Waals surface area (Å²) in [6, 6.07) is 1.68. The summed E-state index contributed by atoms with van der Waals surface area (Å²) < 4.78 is 4.99. The molecule has 2 rings (SSSR count). The molecule has 18 heavy (non-hydrogen) atoms. The zero-order valence-electron chi connectivity index (χ0n) is 10.4. The Hall–Kier alpha value is -2.11. The van der Waals surface area contributed by atoms with Crippen LogP contribution in [-0.4, -0.2) is 27.6 Å². The van der Waals surface area contributed by atoms with E-state index >= 15 is 0 Å². The van der Waals surface area contributed by atoms with Gasteiger partial charge in [-0.25, -0.2) is 4.98 Å². The Labute approximate surface area is 105 Å². The number of hydrogen-bond donors (Lipinski definition) is 2. The van der Waals surface area contributed by atoms with Crippen molar-refractivity contribution in [3.8, 4) is 0 Å². The summed E-state index contributed by atoms with van der Waals surface area (Å²) in [4.78, 5) is 18.6. The van der Waals surface area contributed by atoms with E-state index in [0.717, 1.165) is 11.4 Å². The molecule has 2 heterocycles. The van der Waals surface area contributed by atoms with Crippen LogP contribution in [0.25, 0.3) is 0 Å². The SMILES string of the molecule is CC(C)c1cc(C(=O)NCCc2cnc[nH]2)on1. The number of rotatable bonds is 5. The van der Waals surface area contributed by atoms with Crippen LogP contribution in [0.1, 0.15) is 41.7 Å². The Kier molecular flexibility index (Phi) is 3.76. The van der Waals surface area contributed by atoms with Gasteiger partial charge in [-0.3, -0.25) is 4.79 Å². The van der Waals surface area contributed by atoms with Crippen LogP contribution in [0.15, 0.2) is 23.1 Å². The average molecular weight is 248 g/mol. The number of H-pyrrole nitrogens is 1. The van der Waals surface area contributed by atoms with Crippen molar-refractivity contribution in [1.29, 1.82) is 0 Å². The number of nitrogens with one attached hydrogen (secondary N) is 2. The standard InChI is InChI=1S/C12H16N4O2/c1-8(2)10-5-11(18-16-10)12(17)14-4-3-9-6-13-7-15-9/h5-8H,3-4H2,1-2H3,(H,13,15)(H,14,17). The van der Waals surface area contributed by atoms with E-state index in [4.69, 9.17) is 4.52 Å². The molecule has 2 aromatic heterocycles. The van der Waals surface area contributed by atoms with Gasteiger partial charge in [-0.05, 0) is 5.92 Å². The Balaban J connectivity index is 1.83. The third-order valence-corrected chi connectivity index (χ3v) is 2.58. The summed E-state index contributed by atoms with van der Waals surface area (Å²) >= 11 is 0. The fourth-order valence-electron chi connectivity index (χ4n) is 1.49. The van der Waals surface area contributed by atoms with E-state index in [9.17, 15) is 4.79 Å². The molecule has 0 bridgehead atoms. The van der Waals surface area contributed by atoms with Crippen LogP contribution in [0, 0.1) is 0 Å². The zero-order valence-corrected chi connectivity index (χ0v) is 10.4. The van der Waals surface area contributed by atoms with Crippen LogP contribution in [-0.2, 0) is 6.42 Å². The predicted octanol–water partition coefficient (Wildman–Crippen LogP) is 1.49. The number of aromatic nitrogens is 3. The molecule has 0 aromatic carbocycles. The minimum atomic E-state index is -0.242. The van der Waals surface area contributed by atoms with Gasteiger partial charge in [0.15, 0.2) is 0 Å². The topological polar surface area (TPSA) is 83.8 Å². The van der Waals surface area contributed by atoms with E-state index in [1.165, 1.54) is 0 Å². The first-order valence-electron chi connectivity index (χ1n) is 5.89. The fourth-order valence-corrected chi connectivity index (χ4v) is 1.49. The van der Waals surface area contributed by atoms with Crippen molar-refractivity contribution in [3.63, 3.8) is 0 Å². The first kappa shape index (κ1) is 12.3. The summed E-state index contributed by atoms with van der Waals surface area (Å²) in [5, 5.41) is 6.61. The van der Waals surface area contributed by atoms with Gasteiger partial charge in [0.05, 0.1) is 12.0 Å². The molecule has 6 heteroatoms. The molecule has 0 aliphatic heterocycles. The van der Waals surface area contributed by atoms with E-state index in [1.807, 2.05) is 13.8 Å². The summed E-state index contributed by atoms with van der Waals surface area (Å²) in [5.74, 6) is 0.262. The van der Waals surface area contributed by atoms with Crippen molar-refractivity contribution in [2.75, 3.05) is 6.54 Å². The van der Waals surface area contributed by atoms with Crippen LogP contribution in [0.4, 0.5) is 0 Å². The highest BCUT2D eigenvalue weighted by molar-refractivity contribution is 5.91. The highest BCUT2D eigenvalue weighted by Crippen LogP contribution is 2.13. The molecule has 0 saturated heterocycles. The van der Waals surface area contributed by atoms with E-state index in [1.54, 1.807) is 18.6 Å². The lowest BCUT2D eigenvalue weighted by Crippen LogP contribution is -2.25. The molecule has 0 aliphatic carbocycles. The van der Waals surface area contributed by atoms with Gasteiger partial charge in [0.2, 0.25) is 5.76 Å². The van der Waals surface area contributed by atoms with E-state index in [-0.39, 0.29) is 17.6 Å². The number of hydrogen-bond acceptors (Lipinski definition) is 4. The lowest BCUT2D eigenvalue weighted by Gasteiger charge is -2.00. The minimum Gasteiger partial charge on any atom is -0.351 e. The minimum absolute atomic E-state index is 0.242. The molecular weight excluding hydrogens is 232 g/mol. The largest absolute Gasteiger partial charge is 0.351 e. The molecule has 96 valence electrons. The Morgan fingerprint density at radius 2 is 2.39 bits per heavy atom. The lowest BCUT2D eigenvalue weighted by molar-refractivity contribution is 0.0917. The van der Waals surface area contributed by atoms with Crippen LogP contribution in [0.5, 0.6) is 0 Å². The number of nitrogens with zero attached hydrogens (tertiary/aromatic N) is 2. The maximum absolute atomic E-state index is 11.7. The van der Waals surface area contributed by atoms with E-state index in [2.05, 4.69) is 20.4 Å². The number of imidazole rings is 1. The van der Waals surface area contributed by atoms with Crippen molar-refractivity contribution in [3.05, 3.63) is 35.7 Å². The van der Waals surface area contributed by atoms with Crippen molar-refractivity contribution in [2.45, 2.75) is 26.2 Å². The quantitative estimate of drug-likeness (QED) is 0.839. The molecule has 0 fully saturated rings. The summed E-state index contributed by atoms with van der Waals surface area (Å²) in [5.41, 5.74) is 1.77. The third-order valence-electron chi connectivity index (χ3n) is 2.58. The van der Waals surface area contributed by atoms with Crippen molar-refractivity contribution >= 4 is 5.91 Å². The van der Waals surface area contributed by atoms with E-state index in [0.29, 0.717) is 13.0 Å². The molecule has 0 saturated carbocycles. The molecule has 0 atom stereocenters. The number of carbonyl (C=O) groups is 1. The van der Waals surface area contributed by atoms with Crippen LogP contribution in [0.3, 0.4) is 0 Å². The molecule has 1 amide bonds. The second-order valence-electron chi connectivity index (χ2n) is 4.35. The highest BCUT2D eigenvalue weighted by atomic mass is 16.5. The molecule has 6 nitrogen and oxygen atoms in total. The van der Waals surface area contributed by atoms with Crippen LogP contribution >= 0.6 is 0 Å². The zero-order chi connectivity index (χ0) is 13.0. The molecule has 2 aromatic rings. The van der Waals surface area contributed by atoms with Crippen LogP contribution < -0.4 is 5.32 Å². The average Bonchev–Trinajstić information content (AvgIpc) is 2.99. The van der Waals surface area contributed by atoms with Gasteiger partial charge in [0.25, 0.3) is 5.91 Å². The van der Waals surface area contributed by atoms with Gasteiger partial charge < -0.3 is 14.8 Å². The second-order valence-corrected chi connectivity index (χ2v) is 4.35. The molecule has 0 radical (unpaired) electrons. The van der Waals surface area contributed by atoms with Gasteiger partial charge in [-0.15, -0.1) is 0 Å². The van der Waals surface area contributed by atoms with Crippen molar-refractivity contribution in [2.24, 2.45) is 0 Å². The van der Waals surface area contributed by atoms with Gasteiger partial charge in [-0.1, -0.05) is 19.0 Å². The van der Waals surface area contributed by atoms with Crippen LogP contribution in [0.2, 0.25) is 0 Å².